The Balaban J connectivity index is 2.05. The van der Waals surface area contributed by atoms with Crippen molar-refractivity contribution in [1.29, 1.82) is 0 Å². The molecule has 0 spiro atoms. The quantitative estimate of drug-likeness (QED) is 0.750. The van der Waals surface area contributed by atoms with Gasteiger partial charge in [-0.2, -0.15) is 0 Å². The molecule has 0 unspecified atom stereocenters. The zero-order chi connectivity index (χ0) is 12.5. The monoisotopic (exact) mass is 237 g/mol. The largest absolute Gasteiger partial charge is 0.399 e. The maximum Gasteiger partial charge on any atom is 0.399 e. The van der Waals surface area contributed by atoms with Gasteiger partial charge in [0.1, 0.15) is 0 Å². The highest BCUT2D eigenvalue weighted by Crippen LogP contribution is 2.38. The molecule has 4 nitrogen and oxygen atoms in total. The topological polar surface area (TPSA) is 32.3 Å². The lowest BCUT2D eigenvalue weighted by molar-refractivity contribution is 0.828. The Hall–Kier alpha value is -2.04. The smallest absolute Gasteiger partial charge is 0.395 e. The van der Waals surface area contributed by atoms with E-state index in [0.717, 1.165) is 5.69 Å². The molecule has 89 valence electrons. The van der Waals surface area contributed by atoms with Gasteiger partial charge >= 0.3 is 7.55 Å². The van der Waals surface area contributed by atoms with Gasteiger partial charge < -0.3 is 9.62 Å². The summed E-state index contributed by atoms with van der Waals surface area (Å²) in [5.41, 5.74) is 2.32. The van der Waals surface area contributed by atoms with Crippen molar-refractivity contribution in [2.24, 2.45) is 0 Å². The Morgan fingerprint density at radius 3 is 2.33 bits per heavy atom. The molecule has 0 amide bonds. The first-order valence-electron chi connectivity index (χ1n) is 6.06. The number of benzene rings is 1. The average Bonchev–Trinajstić information content (AvgIpc) is 2.79. The van der Waals surface area contributed by atoms with Crippen molar-refractivity contribution in [2.45, 2.75) is 19.9 Å². The Bertz CT molecular complexity index is 544. The predicted molar refractivity (Wildman–Crippen MR) is 74.0 cm³/mol. The summed E-state index contributed by atoms with van der Waals surface area (Å²) in [5, 5.41) is 0. The van der Waals surface area contributed by atoms with Gasteiger partial charge in [-0.05, 0) is 32.0 Å². The second-order valence-corrected chi connectivity index (χ2v) is 4.52. The van der Waals surface area contributed by atoms with Gasteiger partial charge in [0.25, 0.3) is 0 Å². The van der Waals surface area contributed by atoms with Crippen LogP contribution in [0.25, 0.3) is 0 Å². The van der Waals surface area contributed by atoms with E-state index in [4.69, 9.17) is 0 Å². The average molecular weight is 237 g/mol. The minimum Gasteiger partial charge on any atom is -0.395 e. The van der Waals surface area contributed by atoms with E-state index in [0.29, 0.717) is 12.0 Å². The van der Waals surface area contributed by atoms with Crippen molar-refractivity contribution in [1.82, 2.24) is 9.97 Å². The molecule has 0 bridgehead atoms. The molecule has 2 heterocycles. The second kappa shape index (κ2) is 4.33. The number of hydrogen-bond donors (Lipinski definition) is 0. The van der Waals surface area contributed by atoms with Gasteiger partial charge in [-0.15, -0.1) is 0 Å². The summed E-state index contributed by atoms with van der Waals surface area (Å²) >= 11 is 0. The van der Waals surface area contributed by atoms with Gasteiger partial charge in [0, 0.05) is 24.1 Å². The Morgan fingerprint density at radius 2 is 1.67 bits per heavy atom. The van der Waals surface area contributed by atoms with E-state index in [1.807, 2.05) is 16.9 Å². The van der Waals surface area contributed by atoms with Gasteiger partial charge in [-0.25, -0.2) is 9.97 Å². The van der Waals surface area contributed by atoms with Crippen LogP contribution in [0.15, 0.2) is 42.7 Å². The van der Waals surface area contributed by atoms with Crippen LogP contribution in [0.4, 0.5) is 17.3 Å². The molecule has 1 aromatic heterocycles. The van der Waals surface area contributed by atoms with Crippen LogP contribution in [-0.2, 0) is 0 Å². The maximum absolute atomic E-state index is 4.31. The summed E-state index contributed by atoms with van der Waals surface area (Å²) in [7, 11) is 2.06. The summed E-state index contributed by atoms with van der Waals surface area (Å²) in [6, 6.07) is 10.5. The van der Waals surface area contributed by atoms with E-state index in [2.05, 4.69) is 54.4 Å². The molecule has 0 fully saturated rings. The zero-order valence-electron chi connectivity index (χ0n) is 10.5. The summed E-state index contributed by atoms with van der Waals surface area (Å²) in [6.07, 6.45) is 3.52. The molecular weight excluding hydrogens is 223 g/mol. The molecule has 0 N–H and O–H groups in total. The summed E-state index contributed by atoms with van der Waals surface area (Å²) in [5.74, 6) is 0.702. The van der Waals surface area contributed by atoms with Gasteiger partial charge in [0.15, 0.2) is 0 Å². The molecule has 0 saturated carbocycles. The highest BCUT2D eigenvalue weighted by molar-refractivity contribution is 6.53. The highest BCUT2D eigenvalue weighted by atomic mass is 15.3. The number of para-hydroxylation sites is 2. The maximum atomic E-state index is 4.31. The van der Waals surface area contributed by atoms with Crippen molar-refractivity contribution < 1.29 is 0 Å². The lowest BCUT2D eigenvalue weighted by Gasteiger charge is -2.22. The van der Waals surface area contributed by atoms with Crippen LogP contribution in [0.2, 0.25) is 0 Å². The Kier molecular flexibility index (Phi) is 2.66. The standard InChI is InChI=1S/C13H14BN4/c1-10(2)17-11-6-3-4-7-12(11)18(14-17)13-15-8-5-9-16-13/h3-10H,1-2H3. The number of nitrogens with zero attached hydrogens (tertiary/aromatic N) is 4. The van der Waals surface area contributed by atoms with E-state index in [-0.39, 0.29) is 0 Å². The van der Waals surface area contributed by atoms with Crippen LogP contribution < -0.4 is 9.62 Å². The predicted octanol–water partition coefficient (Wildman–Crippen LogP) is 2.38. The minimum absolute atomic E-state index is 0.403. The first kappa shape index (κ1) is 11.1. The third-order valence-corrected chi connectivity index (χ3v) is 2.98. The number of aromatic nitrogens is 2. The lowest BCUT2D eigenvalue weighted by atomic mass is 10.1. The number of rotatable bonds is 2. The molecule has 5 heteroatoms. The van der Waals surface area contributed by atoms with Crippen LogP contribution in [0.5, 0.6) is 0 Å². The van der Waals surface area contributed by atoms with Crippen LogP contribution in [-0.4, -0.2) is 23.6 Å². The molecule has 1 radical (unpaired) electrons. The van der Waals surface area contributed by atoms with Crippen molar-refractivity contribution in [3.8, 4) is 0 Å². The SMILES string of the molecule is CC(C)N1[B]N(c2ncccn2)c2ccccc21. The zero-order valence-corrected chi connectivity index (χ0v) is 10.5. The molecule has 2 aromatic rings. The molecule has 1 aliphatic rings. The summed E-state index contributed by atoms with van der Waals surface area (Å²) in [6.45, 7) is 4.34. The van der Waals surface area contributed by atoms with E-state index < -0.39 is 0 Å². The molecule has 1 aliphatic heterocycles. The fraction of sp³-hybridized carbons (Fsp3) is 0.231. The Morgan fingerprint density at radius 1 is 1.00 bits per heavy atom. The van der Waals surface area contributed by atoms with Crippen LogP contribution >= 0.6 is 0 Å². The molecule has 18 heavy (non-hydrogen) atoms. The highest BCUT2D eigenvalue weighted by Gasteiger charge is 2.31. The normalized spacial score (nSPS) is 13.7. The van der Waals surface area contributed by atoms with Gasteiger partial charge in [0.05, 0.1) is 5.69 Å². The molecule has 0 saturated heterocycles. The van der Waals surface area contributed by atoms with Crippen LogP contribution in [0, 0.1) is 0 Å². The number of anilines is 3. The molecule has 3 rings (SSSR count). The number of fused-ring (bicyclic) bond motifs is 1. The molecule has 0 atom stereocenters. The second-order valence-electron chi connectivity index (χ2n) is 4.52. The van der Waals surface area contributed by atoms with Crippen molar-refractivity contribution in [2.75, 3.05) is 9.62 Å². The van der Waals surface area contributed by atoms with Crippen molar-refractivity contribution in [3.63, 3.8) is 0 Å². The third-order valence-electron chi connectivity index (χ3n) is 2.98. The molecule has 1 aromatic carbocycles. The first-order valence-corrected chi connectivity index (χ1v) is 6.06. The number of hydrogen-bond acceptors (Lipinski definition) is 4. The van der Waals surface area contributed by atoms with Crippen molar-refractivity contribution >= 4 is 24.9 Å². The molecule has 0 aliphatic carbocycles. The van der Waals surface area contributed by atoms with Gasteiger partial charge in [0.2, 0.25) is 5.95 Å². The van der Waals surface area contributed by atoms with E-state index in [1.54, 1.807) is 12.4 Å². The summed E-state index contributed by atoms with van der Waals surface area (Å²) in [4.78, 5) is 12.9. The third kappa shape index (κ3) is 1.72. The summed E-state index contributed by atoms with van der Waals surface area (Å²) < 4.78 is 0. The minimum atomic E-state index is 0.403. The van der Waals surface area contributed by atoms with Crippen molar-refractivity contribution in [3.05, 3.63) is 42.7 Å². The van der Waals surface area contributed by atoms with E-state index in [9.17, 15) is 0 Å². The lowest BCUT2D eigenvalue weighted by Crippen LogP contribution is -2.37. The van der Waals surface area contributed by atoms with E-state index >= 15 is 0 Å². The first-order chi connectivity index (χ1) is 8.77. The van der Waals surface area contributed by atoms with Gasteiger partial charge in [-0.1, -0.05) is 12.1 Å². The fourth-order valence-electron chi connectivity index (χ4n) is 2.12. The van der Waals surface area contributed by atoms with Crippen LogP contribution in [0.3, 0.4) is 0 Å². The fourth-order valence-corrected chi connectivity index (χ4v) is 2.12. The van der Waals surface area contributed by atoms with Gasteiger partial charge in [-0.3, -0.25) is 0 Å². The molecular formula is C13H14BN4. The van der Waals surface area contributed by atoms with E-state index in [1.165, 1.54) is 5.69 Å². The Labute approximate surface area is 108 Å². The van der Waals surface area contributed by atoms with Crippen LogP contribution in [0.1, 0.15) is 13.8 Å².